The smallest absolute Gasteiger partial charge is 0.406 e. The first kappa shape index (κ1) is 27.8. The highest BCUT2D eigenvalue weighted by molar-refractivity contribution is 7.14. The van der Waals surface area contributed by atoms with Gasteiger partial charge >= 0.3 is 12.4 Å². The van der Waals surface area contributed by atoms with Crippen molar-refractivity contribution in [2.24, 2.45) is 0 Å². The Bertz CT molecular complexity index is 1610. The van der Waals surface area contributed by atoms with E-state index in [4.69, 9.17) is 0 Å². The van der Waals surface area contributed by atoms with Crippen LogP contribution in [0, 0.1) is 0 Å². The summed E-state index contributed by atoms with van der Waals surface area (Å²) in [6.45, 7) is 2.52. The van der Waals surface area contributed by atoms with Crippen LogP contribution < -0.4 is 15.4 Å². The van der Waals surface area contributed by atoms with Crippen molar-refractivity contribution in [3.63, 3.8) is 0 Å². The molecule has 0 aliphatic heterocycles. The van der Waals surface area contributed by atoms with Crippen molar-refractivity contribution in [1.29, 1.82) is 0 Å². The lowest BCUT2D eigenvalue weighted by Crippen LogP contribution is -2.30. The largest absolute Gasteiger partial charge is 0.573 e. The van der Waals surface area contributed by atoms with Crippen molar-refractivity contribution >= 4 is 22.4 Å². The maximum absolute atomic E-state index is 12.6. The van der Waals surface area contributed by atoms with Crippen LogP contribution in [0.25, 0.3) is 28.3 Å². The molecule has 0 atom stereocenters. The molecule has 12 heteroatoms. The van der Waals surface area contributed by atoms with E-state index in [1.165, 1.54) is 52.2 Å². The first-order valence-corrected chi connectivity index (χ1v) is 13.6. The second kappa shape index (κ2) is 12.2. The molecule has 2 amide bonds. The Morgan fingerprint density at radius 3 is 2.49 bits per heavy atom. The summed E-state index contributed by atoms with van der Waals surface area (Å²) in [4.78, 5) is 21.3. The van der Waals surface area contributed by atoms with Crippen LogP contribution in [0.15, 0.2) is 84.6 Å². The molecule has 5 aromatic rings. The Kier molecular flexibility index (Phi) is 8.29. The number of nitrogens with zero attached hydrogens (tertiary/aromatic N) is 4. The lowest BCUT2D eigenvalue weighted by molar-refractivity contribution is -0.274. The minimum Gasteiger partial charge on any atom is -0.406 e. The molecule has 3 aromatic carbocycles. The van der Waals surface area contributed by atoms with E-state index in [0.29, 0.717) is 29.5 Å². The van der Waals surface area contributed by atoms with Gasteiger partial charge in [-0.1, -0.05) is 55.5 Å². The van der Waals surface area contributed by atoms with Crippen LogP contribution in [0.2, 0.25) is 0 Å². The molecular formula is C29H25F3N6O2S. The molecule has 0 unspecified atom stereocenters. The third-order valence-electron chi connectivity index (χ3n) is 6.19. The summed E-state index contributed by atoms with van der Waals surface area (Å²) in [6.07, 6.45) is -1.77. The van der Waals surface area contributed by atoms with E-state index in [-0.39, 0.29) is 11.8 Å². The van der Waals surface area contributed by atoms with E-state index < -0.39 is 6.36 Å². The first-order valence-electron chi connectivity index (χ1n) is 12.7. The minimum atomic E-state index is -4.75. The fourth-order valence-corrected chi connectivity index (χ4v) is 4.88. The van der Waals surface area contributed by atoms with Crippen LogP contribution in [0.1, 0.15) is 18.1 Å². The zero-order valence-corrected chi connectivity index (χ0v) is 22.7. The van der Waals surface area contributed by atoms with Gasteiger partial charge in [-0.05, 0) is 48.2 Å². The number of ether oxygens (including phenoxy) is 1. The predicted molar refractivity (Wildman–Crippen MR) is 151 cm³/mol. The number of aryl methyl sites for hydroxylation is 1. The van der Waals surface area contributed by atoms with Crippen molar-refractivity contribution in [1.82, 2.24) is 25.1 Å². The van der Waals surface area contributed by atoms with E-state index >= 15 is 0 Å². The SMILES string of the molecule is CCc1ccccc1-c1ncsc1NC(=O)NCCc1ccc(-c2ncn(-c3ccc(OC(F)(F)F)cc3)n2)cc1. The number of alkyl halides is 3. The van der Waals surface area contributed by atoms with Crippen LogP contribution in [-0.2, 0) is 12.8 Å². The minimum absolute atomic E-state index is 0.297. The van der Waals surface area contributed by atoms with Gasteiger partial charge in [0.2, 0.25) is 0 Å². The number of aromatic nitrogens is 4. The summed E-state index contributed by atoms with van der Waals surface area (Å²) in [5.74, 6) is 0.157. The molecule has 0 saturated heterocycles. The van der Waals surface area contributed by atoms with Gasteiger partial charge in [-0.25, -0.2) is 19.4 Å². The number of carbonyl (C=O) groups is 1. The fraction of sp³-hybridized carbons (Fsp3) is 0.172. The number of urea groups is 1. The number of benzene rings is 3. The van der Waals surface area contributed by atoms with Gasteiger partial charge in [-0.3, -0.25) is 5.32 Å². The lowest BCUT2D eigenvalue weighted by Gasteiger charge is -2.10. The standard InChI is InChI=1S/C29H25F3N6O2S/c1-2-20-5-3-4-6-24(20)25-27(41-18-35-25)36-28(39)33-16-15-19-7-9-21(10-8-19)26-34-17-38(37-26)22-11-13-23(14-12-22)40-29(30,31)32/h3-14,17-18H,2,15-16H2,1H3,(H2,33,36,39). The van der Waals surface area contributed by atoms with E-state index in [2.05, 4.69) is 43.4 Å². The number of hydrogen-bond acceptors (Lipinski definition) is 6. The van der Waals surface area contributed by atoms with Gasteiger partial charge in [0.25, 0.3) is 0 Å². The zero-order chi connectivity index (χ0) is 28.8. The van der Waals surface area contributed by atoms with Crippen LogP contribution in [0.3, 0.4) is 0 Å². The third kappa shape index (κ3) is 7.09. The molecule has 0 fully saturated rings. The number of carbonyl (C=O) groups excluding carboxylic acids is 1. The molecular weight excluding hydrogens is 553 g/mol. The summed E-state index contributed by atoms with van der Waals surface area (Å²) >= 11 is 1.38. The third-order valence-corrected chi connectivity index (χ3v) is 6.93. The Labute approximate surface area is 237 Å². The van der Waals surface area contributed by atoms with Gasteiger partial charge < -0.3 is 10.1 Å². The lowest BCUT2D eigenvalue weighted by atomic mass is 10.0. The maximum atomic E-state index is 12.6. The summed E-state index contributed by atoms with van der Waals surface area (Å²) in [5.41, 5.74) is 7.01. The highest BCUT2D eigenvalue weighted by Gasteiger charge is 2.31. The number of hydrogen-bond donors (Lipinski definition) is 2. The molecule has 210 valence electrons. The van der Waals surface area contributed by atoms with Gasteiger partial charge in [-0.15, -0.1) is 29.6 Å². The monoisotopic (exact) mass is 578 g/mol. The number of amides is 2. The average Bonchev–Trinajstić information content (AvgIpc) is 3.63. The molecule has 2 heterocycles. The molecule has 0 bridgehead atoms. The van der Waals surface area contributed by atoms with Gasteiger partial charge in [0, 0.05) is 17.7 Å². The van der Waals surface area contributed by atoms with Gasteiger partial charge in [0.1, 0.15) is 22.8 Å². The van der Waals surface area contributed by atoms with E-state index in [1.807, 2.05) is 42.5 Å². The second-order valence-corrected chi connectivity index (χ2v) is 9.78. The predicted octanol–water partition coefficient (Wildman–Crippen LogP) is 6.88. The maximum Gasteiger partial charge on any atom is 0.573 e. The zero-order valence-electron chi connectivity index (χ0n) is 21.9. The molecule has 2 aromatic heterocycles. The molecule has 5 rings (SSSR count). The molecule has 0 saturated carbocycles. The topological polar surface area (TPSA) is 94.0 Å². The Morgan fingerprint density at radius 1 is 1.00 bits per heavy atom. The van der Waals surface area contributed by atoms with Crippen molar-refractivity contribution < 1.29 is 22.7 Å². The number of anilines is 1. The van der Waals surface area contributed by atoms with Crippen molar-refractivity contribution in [3.8, 4) is 34.1 Å². The molecule has 41 heavy (non-hydrogen) atoms. The summed E-state index contributed by atoms with van der Waals surface area (Å²) in [7, 11) is 0. The van der Waals surface area contributed by atoms with Crippen LogP contribution in [0.5, 0.6) is 5.75 Å². The Hall–Kier alpha value is -4.71. The summed E-state index contributed by atoms with van der Waals surface area (Å²) in [6, 6.07) is 20.7. The van der Waals surface area contributed by atoms with E-state index in [9.17, 15) is 18.0 Å². The van der Waals surface area contributed by atoms with Crippen molar-refractivity contribution in [2.45, 2.75) is 26.1 Å². The van der Waals surface area contributed by atoms with Crippen LogP contribution in [0.4, 0.5) is 23.0 Å². The highest BCUT2D eigenvalue weighted by Crippen LogP contribution is 2.33. The first-order chi connectivity index (χ1) is 19.8. The van der Waals surface area contributed by atoms with Crippen LogP contribution >= 0.6 is 11.3 Å². The second-order valence-electron chi connectivity index (χ2n) is 8.92. The van der Waals surface area contributed by atoms with E-state index in [0.717, 1.165) is 28.8 Å². The Morgan fingerprint density at radius 2 is 1.76 bits per heavy atom. The van der Waals surface area contributed by atoms with Crippen molar-refractivity contribution in [2.75, 3.05) is 11.9 Å². The van der Waals surface area contributed by atoms with Crippen LogP contribution in [-0.4, -0.2) is 38.7 Å². The average molecular weight is 579 g/mol. The Balaban J connectivity index is 1.14. The molecule has 0 radical (unpaired) electrons. The molecule has 0 aliphatic carbocycles. The molecule has 8 nitrogen and oxygen atoms in total. The normalized spacial score (nSPS) is 11.3. The summed E-state index contributed by atoms with van der Waals surface area (Å²) in [5, 5.41) is 10.9. The quantitative estimate of drug-likeness (QED) is 0.199. The van der Waals surface area contributed by atoms with Gasteiger partial charge in [-0.2, -0.15) is 0 Å². The van der Waals surface area contributed by atoms with Gasteiger partial charge in [0.05, 0.1) is 11.2 Å². The fourth-order valence-electron chi connectivity index (χ4n) is 4.19. The number of nitrogens with one attached hydrogen (secondary N) is 2. The molecule has 2 N–H and O–H groups in total. The highest BCUT2D eigenvalue weighted by atomic mass is 32.1. The number of thiazole rings is 1. The molecule has 0 spiro atoms. The number of halogens is 3. The van der Waals surface area contributed by atoms with Crippen molar-refractivity contribution in [3.05, 3.63) is 95.8 Å². The van der Waals surface area contributed by atoms with Gasteiger partial charge in [0.15, 0.2) is 5.82 Å². The van der Waals surface area contributed by atoms with E-state index in [1.54, 1.807) is 5.51 Å². The number of rotatable bonds is 9. The molecule has 0 aliphatic rings. The summed E-state index contributed by atoms with van der Waals surface area (Å²) < 4.78 is 42.5.